The van der Waals surface area contributed by atoms with Gasteiger partial charge in [0.1, 0.15) is 6.61 Å². The van der Waals surface area contributed by atoms with Gasteiger partial charge in [-0.3, -0.25) is 0 Å². The van der Waals surface area contributed by atoms with E-state index in [9.17, 15) is 4.79 Å². The second-order valence-corrected chi connectivity index (χ2v) is 6.55. The normalized spacial score (nSPS) is 14.2. The second kappa shape index (κ2) is 5.79. The van der Waals surface area contributed by atoms with Crippen LogP contribution in [0.5, 0.6) is 0 Å². The van der Waals surface area contributed by atoms with Crippen LogP contribution >= 0.6 is 0 Å². The van der Waals surface area contributed by atoms with Crippen LogP contribution in [0.2, 0.25) is 6.55 Å². The Kier molecular flexibility index (Phi) is 4.66. The van der Waals surface area contributed by atoms with Gasteiger partial charge in [-0.05, 0) is 11.7 Å². The number of ether oxygens (including phenoxy) is 1. The maximum absolute atomic E-state index is 11.0. The van der Waals surface area contributed by atoms with Gasteiger partial charge in [0.25, 0.3) is 0 Å². The monoisotopic (exact) mass is 240 g/mol. The lowest BCUT2D eigenvalue weighted by atomic mass is 10.4. The van der Waals surface area contributed by atoms with Gasteiger partial charge < -0.3 is 13.6 Å². The Morgan fingerprint density at radius 1 is 1.25 bits per heavy atom. The minimum Gasteiger partial charge on any atom is -0.467 e. The molecule has 1 aromatic rings. The van der Waals surface area contributed by atoms with Crippen molar-refractivity contribution in [2.45, 2.75) is 6.55 Å². The van der Waals surface area contributed by atoms with Gasteiger partial charge in [-0.25, -0.2) is 4.79 Å². The highest BCUT2D eigenvalue weighted by Crippen LogP contribution is 2.06. The van der Waals surface area contributed by atoms with Crippen LogP contribution in [0.4, 0.5) is 0 Å². The zero-order valence-corrected chi connectivity index (χ0v) is 10.7. The van der Waals surface area contributed by atoms with E-state index in [-0.39, 0.29) is 6.61 Å². The van der Waals surface area contributed by atoms with Gasteiger partial charge in [0.15, 0.2) is 0 Å². The minimum atomic E-state index is -2.48. The maximum atomic E-state index is 11.0. The van der Waals surface area contributed by atoms with Crippen molar-refractivity contribution in [3.8, 4) is 0 Å². The van der Waals surface area contributed by atoms with Crippen molar-refractivity contribution in [3.63, 3.8) is 0 Å². The first kappa shape index (κ1) is 12.9. The van der Waals surface area contributed by atoms with E-state index >= 15 is 0 Å². The van der Waals surface area contributed by atoms with Crippen LogP contribution in [0, 0.1) is 0 Å². The van der Waals surface area contributed by atoms with E-state index in [0.29, 0.717) is 0 Å². The molecule has 0 aliphatic rings. The molecule has 0 saturated heterocycles. The summed E-state index contributed by atoms with van der Waals surface area (Å²) in [6, 6.07) is 9.64. The molecule has 0 aliphatic heterocycles. The third-order valence-electron chi connectivity index (χ3n) is 2.38. The molecule has 0 spiro atoms. The quantitative estimate of drug-likeness (QED) is 0.564. The molecular formula is C11H16O4Si. The van der Waals surface area contributed by atoms with Crippen LogP contribution in [-0.4, -0.2) is 35.4 Å². The standard InChI is InChI=1S/C11H16O4Si/c1-13-11(12)9-15-16(3,14-2)10-7-5-4-6-8-10/h4-8H,9H2,1-3H3. The van der Waals surface area contributed by atoms with Gasteiger partial charge in [0, 0.05) is 7.11 Å². The molecule has 0 radical (unpaired) electrons. The minimum absolute atomic E-state index is 0.0814. The van der Waals surface area contributed by atoms with Crippen LogP contribution in [0.1, 0.15) is 0 Å². The lowest BCUT2D eigenvalue weighted by molar-refractivity contribution is -0.143. The lowest BCUT2D eigenvalue weighted by Gasteiger charge is -2.24. The molecule has 0 amide bonds. The summed E-state index contributed by atoms with van der Waals surface area (Å²) >= 11 is 0. The molecule has 88 valence electrons. The molecule has 0 aliphatic carbocycles. The highest BCUT2D eigenvalue weighted by Gasteiger charge is 2.33. The molecule has 0 fully saturated rings. The summed E-state index contributed by atoms with van der Waals surface area (Å²) in [6.45, 7) is 1.81. The predicted molar refractivity (Wildman–Crippen MR) is 62.7 cm³/mol. The summed E-state index contributed by atoms with van der Waals surface area (Å²) in [7, 11) is 0.448. The maximum Gasteiger partial charge on any atom is 0.369 e. The second-order valence-electron chi connectivity index (χ2n) is 3.38. The Morgan fingerprint density at radius 3 is 2.38 bits per heavy atom. The van der Waals surface area contributed by atoms with Crippen LogP contribution in [0.3, 0.4) is 0 Å². The molecule has 1 rings (SSSR count). The average Bonchev–Trinajstić information content (AvgIpc) is 2.36. The Morgan fingerprint density at radius 2 is 1.88 bits per heavy atom. The van der Waals surface area contributed by atoms with Gasteiger partial charge in [-0.15, -0.1) is 0 Å². The van der Waals surface area contributed by atoms with Gasteiger partial charge in [-0.2, -0.15) is 0 Å². The van der Waals surface area contributed by atoms with Crippen molar-refractivity contribution in [1.29, 1.82) is 0 Å². The van der Waals surface area contributed by atoms with Crippen molar-refractivity contribution >= 4 is 19.7 Å². The molecule has 0 bridgehead atoms. The number of esters is 1. The Labute approximate surface area is 96.4 Å². The first-order valence-corrected chi connectivity index (χ1v) is 7.25. The highest BCUT2D eigenvalue weighted by molar-refractivity contribution is 6.80. The molecule has 1 unspecified atom stereocenters. The first-order chi connectivity index (χ1) is 7.62. The van der Waals surface area contributed by atoms with E-state index in [4.69, 9.17) is 8.85 Å². The fourth-order valence-corrected chi connectivity index (χ4v) is 2.97. The molecule has 0 N–H and O–H groups in total. The van der Waals surface area contributed by atoms with E-state index in [1.807, 2.05) is 36.9 Å². The largest absolute Gasteiger partial charge is 0.467 e. The van der Waals surface area contributed by atoms with Crippen molar-refractivity contribution in [3.05, 3.63) is 30.3 Å². The van der Waals surface area contributed by atoms with Crippen molar-refractivity contribution in [2.24, 2.45) is 0 Å². The molecule has 1 atom stereocenters. The van der Waals surface area contributed by atoms with Gasteiger partial charge in [-0.1, -0.05) is 30.3 Å². The number of carbonyl (C=O) groups is 1. The van der Waals surface area contributed by atoms with Gasteiger partial charge in [0.2, 0.25) is 0 Å². The van der Waals surface area contributed by atoms with Gasteiger partial charge in [0.05, 0.1) is 7.11 Å². The SMILES string of the molecule is COC(=O)CO[Si](C)(OC)c1ccccc1. The van der Waals surface area contributed by atoms with Crippen LogP contribution < -0.4 is 5.19 Å². The van der Waals surface area contributed by atoms with Crippen molar-refractivity contribution in [1.82, 2.24) is 0 Å². The van der Waals surface area contributed by atoms with E-state index in [1.54, 1.807) is 7.11 Å². The summed E-state index contributed by atoms with van der Waals surface area (Å²) in [5.41, 5.74) is 0. The number of methoxy groups -OCH3 is 1. The molecule has 16 heavy (non-hydrogen) atoms. The average molecular weight is 240 g/mol. The summed E-state index contributed by atoms with van der Waals surface area (Å²) in [5.74, 6) is -0.397. The fraction of sp³-hybridized carbons (Fsp3) is 0.364. The third kappa shape index (κ3) is 3.16. The fourth-order valence-electron chi connectivity index (χ4n) is 1.26. The first-order valence-electron chi connectivity index (χ1n) is 4.94. The van der Waals surface area contributed by atoms with E-state index in [2.05, 4.69) is 4.74 Å². The zero-order chi connectivity index (χ0) is 12.0. The number of rotatable bonds is 5. The molecule has 1 aromatic carbocycles. The molecule has 0 aromatic heterocycles. The Bertz CT molecular complexity index is 341. The van der Waals surface area contributed by atoms with Crippen LogP contribution in [0.25, 0.3) is 0 Å². The van der Waals surface area contributed by atoms with E-state index < -0.39 is 14.5 Å². The Hall–Kier alpha value is -1.17. The van der Waals surface area contributed by atoms with Crippen molar-refractivity contribution in [2.75, 3.05) is 20.8 Å². The highest BCUT2D eigenvalue weighted by atomic mass is 28.4. The molecular weight excluding hydrogens is 224 g/mol. The number of benzene rings is 1. The van der Waals surface area contributed by atoms with Gasteiger partial charge >= 0.3 is 14.5 Å². The smallest absolute Gasteiger partial charge is 0.369 e. The summed E-state index contributed by atoms with van der Waals surface area (Å²) in [6.07, 6.45) is 0. The van der Waals surface area contributed by atoms with Crippen LogP contribution in [0.15, 0.2) is 30.3 Å². The lowest BCUT2D eigenvalue weighted by Crippen LogP contribution is -2.51. The molecule has 0 heterocycles. The topological polar surface area (TPSA) is 44.8 Å². The van der Waals surface area contributed by atoms with Crippen LogP contribution in [-0.2, 0) is 18.4 Å². The predicted octanol–water partition coefficient (Wildman–Crippen LogP) is 0.802. The zero-order valence-electron chi connectivity index (χ0n) is 9.73. The van der Waals surface area contributed by atoms with E-state index in [1.165, 1.54) is 7.11 Å². The third-order valence-corrected chi connectivity index (χ3v) is 5.24. The molecule has 4 nitrogen and oxygen atoms in total. The summed E-state index contributed by atoms with van der Waals surface area (Å²) in [4.78, 5) is 11.0. The van der Waals surface area contributed by atoms with E-state index in [0.717, 1.165) is 5.19 Å². The Balaban J connectivity index is 2.74. The summed E-state index contributed by atoms with van der Waals surface area (Å²) in [5, 5.41) is 0.987. The summed E-state index contributed by atoms with van der Waals surface area (Å²) < 4.78 is 15.5. The number of carbonyl (C=O) groups excluding carboxylic acids is 1. The number of hydrogen-bond acceptors (Lipinski definition) is 4. The molecule has 5 heteroatoms. The molecule has 0 saturated carbocycles. The van der Waals surface area contributed by atoms with Crippen molar-refractivity contribution < 1.29 is 18.4 Å². The number of hydrogen-bond donors (Lipinski definition) is 0.